The fourth-order valence-corrected chi connectivity index (χ4v) is 2.45. The average Bonchev–Trinajstić information content (AvgIpc) is 2.40. The van der Waals surface area contributed by atoms with Gasteiger partial charge in [0.1, 0.15) is 5.82 Å². The molecule has 2 N–H and O–H groups in total. The minimum Gasteiger partial charge on any atom is -0.393 e. The van der Waals surface area contributed by atoms with Gasteiger partial charge < -0.3 is 20.2 Å². The summed E-state index contributed by atoms with van der Waals surface area (Å²) in [6, 6.07) is 3.81. The standard InChI is InChI=1S/C14H22N4O2/c1-17(2)9-12-13(3-4-14(16-12)15-10-19)18-7-5-11(20)6-8-18/h3-4,10-11,20H,5-9H2,1-2H3,(H,15,16,19). The number of nitrogens with zero attached hydrogens (tertiary/aromatic N) is 3. The van der Waals surface area contributed by atoms with E-state index in [-0.39, 0.29) is 6.10 Å². The summed E-state index contributed by atoms with van der Waals surface area (Å²) < 4.78 is 0. The molecular weight excluding hydrogens is 256 g/mol. The number of hydrogen-bond acceptors (Lipinski definition) is 5. The predicted molar refractivity (Wildman–Crippen MR) is 78.8 cm³/mol. The Kier molecular flexibility index (Phi) is 4.92. The van der Waals surface area contributed by atoms with Crippen LogP contribution in [0.5, 0.6) is 0 Å². The van der Waals surface area contributed by atoms with E-state index in [2.05, 4.69) is 20.1 Å². The van der Waals surface area contributed by atoms with E-state index in [1.165, 1.54) is 0 Å². The number of hydrogen-bond donors (Lipinski definition) is 2. The maximum Gasteiger partial charge on any atom is 0.212 e. The van der Waals surface area contributed by atoms with Gasteiger partial charge in [-0.3, -0.25) is 4.79 Å². The number of pyridine rings is 1. The molecule has 1 aromatic rings. The molecule has 0 atom stereocenters. The fraction of sp³-hybridized carbons (Fsp3) is 0.571. The molecule has 110 valence electrons. The summed E-state index contributed by atoms with van der Waals surface area (Å²) in [5.41, 5.74) is 2.03. The summed E-state index contributed by atoms with van der Waals surface area (Å²) in [5.74, 6) is 0.567. The van der Waals surface area contributed by atoms with Gasteiger partial charge in [-0.1, -0.05) is 0 Å². The highest BCUT2D eigenvalue weighted by Crippen LogP contribution is 2.25. The third kappa shape index (κ3) is 3.68. The highest BCUT2D eigenvalue weighted by molar-refractivity contribution is 5.70. The van der Waals surface area contributed by atoms with E-state index in [1.807, 2.05) is 26.2 Å². The number of aliphatic hydroxyl groups is 1. The van der Waals surface area contributed by atoms with Gasteiger partial charge in [0.15, 0.2) is 0 Å². The Morgan fingerprint density at radius 2 is 2.15 bits per heavy atom. The first kappa shape index (κ1) is 14.7. The van der Waals surface area contributed by atoms with Crippen molar-refractivity contribution in [3.63, 3.8) is 0 Å². The summed E-state index contributed by atoms with van der Waals surface area (Å²) in [4.78, 5) is 19.3. The van der Waals surface area contributed by atoms with E-state index >= 15 is 0 Å². The van der Waals surface area contributed by atoms with E-state index in [4.69, 9.17) is 0 Å². The Labute approximate surface area is 119 Å². The molecule has 1 saturated heterocycles. The topological polar surface area (TPSA) is 68.7 Å². The molecule has 20 heavy (non-hydrogen) atoms. The van der Waals surface area contributed by atoms with E-state index in [1.54, 1.807) is 0 Å². The van der Waals surface area contributed by atoms with Gasteiger partial charge in [0.05, 0.1) is 17.5 Å². The SMILES string of the molecule is CN(C)Cc1nc(NC=O)ccc1N1CCC(O)CC1. The lowest BCUT2D eigenvalue weighted by Crippen LogP contribution is -2.36. The molecular formula is C14H22N4O2. The molecule has 0 unspecified atom stereocenters. The van der Waals surface area contributed by atoms with Gasteiger partial charge >= 0.3 is 0 Å². The van der Waals surface area contributed by atoms with Crippen molar-refractivity contribution >= 4 is 17.9 Å². The van der Waals surface area contributed by atoms with Gasteiger partial charge in [-0.2, -0.15) is 0 Å². The molecule has 0 spiro atoms. The summed E-state index contributed by atoms with van der Waals surface area (Å²) in [5, 5.41) is 12.2. The van der Waals surface area contributed by atoms with Crippen LogP contribution in [-0.4, -0.2) is 54.7 Å². The van der Waals surface area contributed by atoms with Crippen molar-refractivity contribution in [2.45, 2.75) is 25.5 Å². The van der Waals surface area contributed by atoms with Gasteiger partial charge in [0.25, 0.3) is 0 Å². The van der Waals surface area contributed by atoms with E-state index in [0.29, 0.717) is 18.8 Å². The third-order valence-corrected chi connectivity index (χ3v) is 3.43. The first-order valence-electron chi connectivity index (χ1n) is 6.88. The second-order valence-electron chi connectivity index (χ2n) is 5.38. The zero-order valence-electron chi connectivity index (χ0n) is 12.0. The molecule has 1 fully saturated rings. The molecule has 1 amide bonds. The van der Waals surface area contributed by atoms with Crippen molar-refractivity contribution in [1.29, 1.82) is 0 Å². The Morgan fingerprint density at radius 1 is 1.45 bits per heavy atom. The van der Waals surface area contributed by atoms with Crippen LogP contribution in [0.2, 0.25) is 0 Å². The van der Waals surface area contributed by atoms with Crippen LogP contribution in [0.15, 0.2) is 12.1 Å². The average molecular weight is 278 g/mol. The van der Waals surface area contributed by atoms with Gasteiger partial charge in [-0.25, -0.2) is 4.98 Å². The Bertz CT molecular complexity index is 456. The molecule has 0 saturated carbocycles. The Hall–Kier alpha value is -1.66. The maximum atomic E-state index is 10.5. The maximum absolute atomic E-state index is 10.5. The van der Waals surface area contributed by atoms with Crippen molar-refractivity contribution < 1.29 is 9.90 Å². The van der Waals surface area contributed by atoms with Crippen molar-refractivity contribution in [3.8, 4) is 0 Å². The molecule has 2 rings (SSSR count). The number of rotatable bonds is 5. The molecule has 6 heteroatoms. The first-order chi connectivity index (χ1) is 9.60. The highest BCUT2D eigenvalue weighted by Gasteiger charge is 2.20. The van der Waals surface area contributed by atoms with Crippen LogP contribution in [0.3, 0.4) is 0 Å². The van der Waals surface area contributed by atoms with Crippen LogP contribution in [0, 0.1) is 0 Å². The second kappa shape index (κ2) is 6.67. The summed E-state index contributed by atoms with van der Waals surface area (Å²) in [6.45, 7) is 2.39. The molecule has 0 aliphatic carbocycles. The van der Waals surface area contributed by atoms with Gasteiger partial charge in [-0.05, 0) is 39.1 Å². The number of amides is 1. The van der Waals surface area contributed by atoms with Crippen LogP contribution < -0.4 is 10.2 Å². The number of carbonyl (C=O) groups excluding carboxylic acids is 1. The number of carbonyl (C=O) groups is 1. The number of nitrogens with one attached hydrogen (secondary N) is 1. The van der Waals surface area contributed by atoms with Crippen molar-refractivity contribution in [2.75, 3.05) is 37.4 Å². The molecule has 1 aliphatic heterocycles. The molecule has 0 aromatic carbocycles. The van der Waals surface area contributed by atoms with Crippen LogP contribution in [0.1, 0.15) is 18.5 Å². The number of aromatic nitrogens is 1. The zero-order chi connectivity index (χ0) is 14.5. The Balaban J connectivity index is 2.23. The van der Waals surface area contributed by atoms with E-state index in [0.717, 1.165) is 37.3 Å². The zero-order valence-corrected chi connectivity index (χ0v) is 12.0. The highest BCUT2D eigenvalue weighted by atomic mass is 16.3. The van der Waals surface area contributed by atoms with Crippen LogP contribution in [0.4, 0.5) is 11.5 Å². The van der Waals surface area contributed by atoms with E-state index in [9.17, 15) is 9.90 Å². The summed E-state index contributed by atoms with van der Waals surface area (Å²) in [6.07, 6.45) is 2.02. The summed E-state index contributed by atoms with van der Waals surface area (Å²) >= 11 is 0. The van der Waals surface area contributed by atoms with Gasteiger partial charge in [-0.15, -0.1) is 0 Å². The summed E-state index contributed by atoms with van der Waals surface area (Å²) in [7, 11) is 3.98. The van der Waals surface area contributed by atoms with Gasteiger partial charge in [0, 0.05) is 19.6 Å². The lowest BCUT2D eigenvalue weighted by molar-refractivity contribution is -0.105. The van der Waals surface area contributed by atoms with Crippen LogP contribution in [0.25, 0.3) is 0 Å². The van der Waals surface area contributed by atoms with Crippen molar-refractivity contribution in [1.82, 2.24) is 9.88 Å². The van der Waals surface area contributed by atoms with Crippen molar-refractivity contribution in [3.05, 3.63) is 17.8 Å². The third-order valence-electron chi connectivity index (χ3n) is 3.43. The second-order valence-corrected chi connectivity index (χ2v) is 5.38. The van der Waals surface area contributed by atoms with Crippen LogP contribution >= 0.6 is 0 Å². The Morgan fingerprint density at radius 3 is 2.75 bits per heavy atom. The molecule has 0 bridgehead atoms. The van der Waals surface area contributed by atoms with Crippen molar-refractivity contribution in [2.24, 2.45) is 0 Å². The minimum atomic E-state index is -0.187. The molecule has 2 heterocycles. The first-order valence-corrected chi connectivity index (χ1v) is 6.88. The number of aliphatic hydroxyl groups excluding tert-OH is 1. The molecule has 0 radical (unpaired) electrons. The molecule has 6 nitrogen and oxygen atoms in total. The normalized spacial score (nSPS) is 16.5. The predicted octanol–water partition coefficient (Wildman–Crippen LogP) is 0.673. The molecule has 1 aliphatic rings. The lowest BCUT2D eigenvalue weighted by atomic mass is 10.1. The fourth-order valence-electron chi connectivity index (χ4n) is 2.45. The lowest BCUT2D eigenvalue weighted by Gasteiger charge is -2.33. The number of piperidine rings is 1. The van der Waals surface area contributed by atoms with E-state index < -0.39 is 0 Å². The van der Waals surface area contributed by atoms with Gasteiger partial charge in [0.2, 0.25) is 6.41 Å². The largest absolute Gasteiger partial charge is 0.393 e. The number of anilines is 2. The smallest absolute Gasteiger partial charge is 0.212 e. The van der Waals surface area contributed by atoms with Crippen LogP contribution in [-0.2, 0) is 11.3 Å². The minimum absolute atomic E-state index is 0.187. The quantitative estimate of drug-likeness (QED) is 0.775. The molecule has 1 aromatic heterocycles. The monoisotopic (exact) mass is 278 g/mol.